The van der Waals surface area contributed by atoms with Gasteiger partial charge in [-0.25, -0.2) is 0 Å². The first-order valence-electron chi connectivity index (χ1n) is 8.07. The van der Waals surface area contributed by atoms with Gasteiger partial charge in [-0.15, -0.1) is 0 Å². The number of rotatable bonds is 13. The molecule has 0 aromatic heterocycles. The fraction of sp³-hybridized carbons (Fsp3) is 0.938. The van der Waals surface area contributed by atoms with Gasteiger partial charge in [0.25, 0.3) is 0 Å². The van der Waals surface area contributed by atoms with Crippen LogP contribution in [-0.4, -0.2) is 27.6 Å². The molecule has 3 nitrogen and oxygen atoms in total. The molecule has 0 saturated carbocycles. The lowest BCUT2D eigenvalue weighted by Crippen LogP contribution is -2.35. The summed E-state index contributed by atoms with van der Waals surface area (Å²) in [6.45, 7) is 6.71. The summed E-state index contributed by atoms with van der Waals surface area (Å²) in [4.78, 5) is 10.8. The van der Waals surface area contributed by atoms with E-state index in [1.807, 2.05) is 0 Å². The zero-order valence-electron chi connectivity index (χ0n) is 13.5. The number of thioether (sulfide) groups is 1. The summed E-state index contributed by atoms with van der Waals surface area (Å²) in [5, 5.41) is 8.89. The predicted molar refractivity (Wildman–Crippen MR) is 89.4 cm³/mol. The molecule has 3 N–H and O–H groups in total. The minimum Gasteiger partial charge on any atom is -0.480 e. The van der Waals surface area contributed by atoms with Gasteiger partial charge in [0.05, 0.1) is 0 Å². The molecule has 0 spiro atoms. The molecule has 0 bridgehead atoms. The molecule has 120 valence electrons. The molecule has 0 aliphatic heterocycles. The van der Waals surface area contributed by atoms with Crippen LogP contribution in [0.5, 0.6) is 0 Å². The molecule has 0 amide bonds. The van der Waals surface area contributed by atoms with Gasteiger partial charge < -0.3 is 10.8 Å². The van der Waals surface area contributed by atoms with Crippen LogP contribution < -0.4 is 5.73 Å². The van der Waals surface area contributed by atoms with Crippen LogP contribution in [-0.2, 0) is 4.79 Å². The molecule has 2 unspecified atom stereocenters. The zero-order chi connectivity index (χ0) is 15.4. The normalized spacial score (nSPS) is 15.8. The Morgan fingerprint density at radius 1 is 1.10 bits per heavy atom. The standard InChI is InChI=1S/C16H33NO2S/c1-4-6-8-9-10-12-16(3,11-7-5-2)20-13-14(17)15(18)19/h14H,4-13,17H2,1-3H3,(H,18,19). The molecule has 0 fully saturated rings. The van der Waals surface area contributed by atoms with E-state index in [4.69, 9.17) is 10.8 Å². The first-order valence-corrected chi connectivity index (χ1v) is 9.06. The number of carbonyl (C=O) groups is 1. The number of carboxylic acids is 1. The molecule has 2 atom stereocenters. The lowest BCUT2D eigenvalue weighted by Gasteiger charge is -2.30. The van der Waals surface area contributed by atoms with Gasteiger partial charge >= 0.3 is 5.97 Å². The highest BCUT2D eigenvalue weighted by atomic mass is 32.2. The van der Waals surface area contributed by atoms with Crippen molar-refractivity contribution in [3.8, 4) is 0 Å². The lowest BCUT2D eigenvalue weighted by atomic mass is 9.96. The Kier molecular flexibility index (Phi) is 11.3. The van der Waals surface area contributed by atoms with E-state index in [0.717, 1.165) is 6.42 Å². The summed E-state index contributed by atoms with van der Waals surface area (Å²) in [6.07, 6.45) is 11.2. The molecule has 0 aromatic rings. The van der Waals surface area contributed by atoms with Crippen molar-refractivity contribution in [2.75, 3.05) is 5.75 Å². The molecule has 0 aliphatic carbocycles. The Morgan fingerprint density at radius 2 is 1.65 bits per heavy atom. The minimum absolute atomic E-state index is 0.190. The molecule has 4 heteroatoms. The third kappa shape index (κ3) is 9.65. The largest absolute Gasteiger partial charge is 0.480 e. The molecular formula is C16H33NO2S. The number of unbranched alkanes of at least 4 members (excludes halogenated alkanes) is 5. The second kappa shape index (κ2) is 11.4. The van der Waals surface area contributed by atoms with E-state index in [0.29, 0.717) is 5.75 Å². The number of aliphatic carboxylic acids is 1. The molecule has 0 saturated heterocycles. The van der Waals surface area contributed by atoms with E-state index in [1.54, 1.807) is 11.8 Å². The molecule has 0 heterocycles. The maximum Gasteiger partial charge on any atom is 0.321 e. The smallest absolute Gasteiger partial charge is 0.321 e. The quantitative estimate of drug-likeness (QED) is 0.494. The Bertz CT molecular complexity index is 261. The Labute approximate surface area is 129 Å². The molecular weight excluding hydrogens is 270 g/mol. The zero-order valence-corrected chi connectivity index (χ0v) is 14.3. The summed E-state index contributed by atoms with van der Waals surface area (Å²) < 4.78 is 0.190. The first kappa shape index (κ1) is 19.8. The predicted octanol–water partition coefficient (Wildman–Crippen LogP) is 4.44. The monoisotopic (exact) mass is 303 g/mol. The number of carboxylic acid groups (broad SMARTS) is 1. The van der Waals surface area contributed by atoms with E-state index in [2.05, 4.69) is 20.8 Å². The molecule has 0 aliphatic rings. The molecule has 0 radical (unpaired) electrons. The highest BCUT2D eigenvalue weighted by molar-refractivity contribution is 8.00. The van der Waals surface area contributed by atoms with E-state index < -0.39 is 12.0 Å². The van der Waals surface area contributed by atoms with Crippen LogP contribution in [0.3, 0.4) is 0 Å². The summed E-state index contributed by atoms with van der Waals surface area (Å²) in [5.74, 6) is -0.372. The van der Waals surface area contributed by atoms with Gasteiger partial charge in [0.1, 0.15) is 6.04 Å². The number of hydrogen-bond donors (Lipinski definition) is 2. The Balaban J connectivity index is 4.16. The van der Waals surface area contributed by atoms with E-state index in [-0.39, 0.29) is 4.75 Å². The van der Waals surface area contributed by atoms with E-state index >= 15 is 0 Å². The van der Waals surface area contributed by atoms with Crippen molar-refractivity contribution in [2.45, 2.75) is 89.3 Å². The third-order valence-electron chi connectivity index (χ3n) is 3.80. The van der Waals surface area contributed by atoms with Gasteiger partial charge in [-0.05, 0) is 12.8 Å². The van der Waals surface area contributed by atoms with Crippen molar-refractivity contribution < 1.29 is 9.90 Å². The van der Waals surface area contributed by atoms with E-state index in [9.17, 15) is 4.79 Å². The average Bonchev–Trinajstić information content (AvgIpc) is 2.42. The van der Waals surface area contributed by atoms with Crippen LogP contribution in [0, 0.1) is 0 Å². The minimum atomic E-state index is -0.890. The SMILES string of the molecule is CCCCCCCC(C)(CCCC)SCC(N)C(=O)O. The summed E-state index contributed by atoms with van der Waals surface area (Å²) in [7, 11) is 0. The Morgan fingerprint density at radius 3 is 2.20 bits per heavy atom. The van der Waals surface area contributed by atoms with Crippen molar-refractivity contribution in [3.63, 3.8) is 0 Å². The fourth-order valence-corrected chi connectivity index (χ4v) is 3.59. The van der Waals surface area contributed by atoms with Crippen LogP contribution >= 0.6 is 11.8 Å². The summed E-state index contributed by atoms with van der Waals surface area (Å²) in [5.41, 5.74) is 5.63. The summed E-state index contributed by atoms with van der Waals surface area (Å²) in [6, 6.07) is -0.735. The molecule has 0 rings (SSSR count). The third-order valence-corrected chi connectivity index (χ3v) is 5.43. The van der Waals surface area contributed by atoms with Crippen molar-refractivity contribution in [1.29, 1.82) is 0 Å². The second-order valence-corrected chi connectivity index (χ2v) is 7.58. The van der Waals surface area contributed by atoms with Crippen LogP contribution in [0.15, 0.2) is 0 Å². The van der Waals surface area contributed by atoms with Gasteiger partial charge in [-0.3, -0.25) is 4.79 Å². The fourth-order valence-electron chi connectivity index (χ4n) is 2.28. The van der Waals surface area contributed by atoms with Crippen LogP contribution in [0.1, 0.15) is 78.6 Å². The first-order chi connectivity index (χ1) is 9.45. The van der Waals surface area contributed by atoms with Gasteiger partial charge in [-0.1, -0.05) is 65.7 Å². The van der Waals surface area contributed by atoms with Gasteiger partial charge in [0, 0.05) is 10.5 Å². The van der Waals surface area contributed by atoms with Gasteiger partial charge in [0.2, 0.25) is 0 Å². The molecule has 20 heavy (non-hydrogen) atoms. The second-order valence-electron chi connectivity index (χ2n) is 5.97. The highest BCUT2D eigenvalue weighted by Crippen LogP contribution is 2.36. The van der Waals surface area contributed by atoms with E-state index in [1.165, 1.54) is 51.4 Å². The topological polar surface area (TPSA) is 63.3 Å². The van der Waals surface area contributed by atoms with Crippen molar-refractivity contribution in [2.24, 2.45) is 5.73 Å². The lowest BCUT2D eigenvalue weighted by molar-refractivity contribution is -0.137. The van der Waals surface area contributed by atoms with Crippen LogP contribution in [0.2, 0.25) is 0 Å². The number of hydrogen-bond acceptors (Lipinski definition) is 3. The van der Waals surface area contributed by atoms with Crippen molar-refractivity contribution >= 4 is 17.7 Å². The van der Waals surface area contributed by atoms with Gasteiger partial charge in [0.15, 0.2) is 0 Å². The van der Waals surface area contributed by atoms with Gasteiger partial charge in [-0.2, -0.15) is 11.8 Å². The maximum absolute atomic E-state index is 10.8. The van der Waals surface area contributed by atoms with Crippen molar-refractivity contribution in [3.05, 3.63) is 0 Å². The summed E-state index contributed by atoms with van der Waals surface area (Å²) >= 11 is 1.76. The Hall–Kier alpha value is -0.220. The number of nitrogens with two attached hydrogens (primary N) is 1. The molecule has 0 aromatic carbocycles. The van der Waals surface area contributed by atoms with Crippen LogP contribution in [0.4, 0.5) is 0 Å². The maximum atomic E-state index is 10.8. The van der Waals surface area contributed by atoms with Crippen molar-refractivity contribution in [1.82, 2.24) is 0 Å². The average molecular weight is 304 g/mol. The van der Waals surface area contributed by atoms with Crippen LogP contribution in [0.25, 0.3) is 0 Å². The highest BCUT2D eigenvalue weighted by Gasteiger charge is 2.26.